The third-order valence-electron chi connectivity index (χ3n) is 6.00. The Labute approximate surface area is 155 Å². The number of likely N-dealkylation sites (tertiary alicyclic amines) is 1. The minimum atomic E-state index is 0.405. The molecule has 1 aromatic heterocycles. The van der Waals surface area contributed by atoms with E-state index in [1.165, 1.54) is 19.3 Å². The lowest BCUT2D eigenvalue weighted by Crippen LogP contribution is -2.47. The van der Waals surface area contributed by atoms with E-state index in [2.05, 4.69) is 39.1 Å². The summed E-state index contributed by atoms with van der Waals surface area (Å²) in [5, 5.41) is 4.44. The van der Waals surface area contributed by atoms with Crippen LogP contribution in [0.2, 0.25) is 0 Å². The maximum Gasteiger partial charge on any atom is 0.146 e. The van der Waals surface area contributed by atoms with Crippen molar-refractivity contribution in [2.45, 2.75) is 50.4 Å². The van der Waals surface area contributed by atoms with Crippen LogP contribution >= 0.6 is 0 Å². The van der Waals surface area contributed by atoms with Crippen molar-refractivity contribution in [3.63, 3.8) is 0 Å². The van der Waals surface area contributed by atoms with E-state index in [1.54, 1.807) is 6.33 Å². The first-order chi connectivity index (χ1) is 12.8. The molecule has 3 atom stereocenters. The van der Waals surface area contributed by atoms with Gasteiger partial charge in [-0.2, -0.15) is 5.10 Å². The molecule has 2 heterocycles. The number of hydrogen-bond donors (Lipinski definition) is 0. The van der Waals surface area contributed by atoms with E-state index in [9.17, 15) is 0 Å². The largest absolute Gasteiger partial charge is 0.380 e. The van der Waals surface area contributed by atoms with E-state index >= 15 is 0 Å². The molecule has 0 amide bonds. The summed E-state index contributed by atoms with van der Waals surface area (Å²) < 4.78 is 7.53. The third kappa shape index (κ3) is 3.54. The van der Waals surface area contributed by atoms with Crippen molar-refractivity contribution in [2.24, 2.45) is 0 Å². The fraction of sp³-hybridized carbons (Fsp3) is 0.600. The lowest BCUT2D eigenvalue weighted by atomic mass is 10.1. The summed E-state index contributed by atoms with van der Waals surface area (Å²) in [6, 6.07) is 11.5. The second kappa shape index (κ2) is 7.86. The molecule has 1 unspecified atom stereocenters. The fourth-order valence-electron chi connectivity index (χ4n) is 4.61. The van der Waals surface area contributed by atoms with Crippen molar-refractivity contribution in [1.29, 1.82) is 0 Å². The normalized spacial score (nSPS) is 26.8. The van der Waals surface area contributed by atoms with E-state index in [0.29, 0.717) is 18.2 Å². The van der Waals surface area contributed by atoms with Crippen molar-refractivity contribution in [3.05, 3.63) is 42.5 Å². The zero-order valence-corrected chi connectivity index (χ0v) is 15.8. The quantitative estimate of drug-likeness (QED) is 0.796. The van der Waals surface area contributed by atoms with Crippen LogP contribution in [0.5, 0.6) is 0 Å². The highest BCUT2D eigenvalue weighted by atomic mass is 16.5. The summed E-state index contributed by atoms with van der Waals surface area (Å²) in [7, 11) is 4.07. The molecule has 4 rings (SSSR count). The molecule has 1 aliphatic carbocycles. The Morgan fingerprint density at radius 1 is 1.19 bits per heavy atom. The molecule has 140 valence electrons. The smallest absolute Gasteiger partial charge is 0.146 e. The number of hydrogen-bond acceptors (Lipinski definition) is 5. The first kappa shape index (κ1) is 17.6. The number of methoxy groups -OCH3 is 1. The molecule has 1 aromatic carbocycles. The van der Waals surface area contributed by atoms with Crippen LogP contribution in [0.3, 0.4) is 0 Å². The summed E-state index contributed by atoms with van der Waals surface area (Å²) in [5.41, 5.74) is 1.07. The van der Waals surface area contributed by atoms with Gasteiger partial charge in [-0.15, -0.1) is 0 Å². The Kier molecular flexibility index (Phi) is 5.33. The highest BCUT2D eigenvalue weighted by Crippen LogP contribution is 2.31. The van der Waals surface area contributed by atoms with E-state index in [-0.39, 0.29) is 0 Å². The second-order valence-corrected chi connectivity index (χ2v) is 7.55. The Balaban J connectivity index is 1.45. The Bertz CT molecular complexity index is 703. The zero-order valence-electron chi connectivity index (χ0n) is 15.8. The van der Waals surface area contributed by atoms with Crippen molar-refractivity contribution >= 4 is 0 Å². The maximum atomic E-state index is 5.57. The van der Waals surface area contributed by atoms with Crippen molar-refractivity contribution in [1.82, 2.24) is 24.6 Å². The molecule has 6 nitrogen and oxygen atoms in total. The highest BCUT2D eigenvalue weighted by Gasteiger charge is 2.38. The lowest BCUT2D eigenvalue weighted by molar-refractivity contribution is 0.0834. The summed E-state index contributed by atoms with van der Waals surface area (Å²) >= 11 is 0. The number of aromatic nitrogens is 3. The van der Waals surface area contributed by atoms with Gasteiger partial charge in [0.05, 0.1) is 18.3 Å². The molecule has 0 bridgehead atoms. The van der Waals surface area contributed by atoms with Crippen LogP contribution in [0.15, 0.2) is 36.7 Å². The van der Waals surface area contributed by atoms with Crippen molar-refractivity contribution < 1.29 is 4.74 Å². The van der Waals surface area contributed by atoms with Crippen LogP contribution in [-0.2, 0) is 11.3 Å². The first-order valence-corrected chi connectivity index (χ1v) is 9.67. The topological polar surface area (TPSA) is 46.4 Å². The molecule has 2 fully saturated rings. The first-order valence-electron chi connectivity index (χ1n) is 9.67. The number of likely N-dealkylation sites (N-methyl/N-ethyl adjacent to an activating group) is 1. The summed E-state index contributed by atoms with van der Waals surface area (Å²) in [6.07, 6.45) is 7.07. The molecule has 26 heavy (non-hydrogen) atoms. The predicted molar refractivity (Wildman–Crippen MR) is 101 cm³/mol. The van der Waals surface area contributed by atoms with Crippen molar-refractivity contribution in [2.75, 3.05) is 27.2 Å². The number of nitrogens with zero attached hydrogens (tertiary/aromatic N) is 5. The van der Waals surface area contributed by atoms with Crippen LogP contribution in [0, 0.1) is 0 Å². The monoisotopic (exact) mass is 355 g/mol. The average Bonchev–Trinajstić information content (AvgIpc) is 3.41. The predicted octanol–water partition coefficient (Wildman–Crippen LogP) is 2.34. The molecule has 0 radical (unpaired) electrons. The SMILES string of the molecule is COC1CCN([C@H]2CCC[C@H]2N(C)Cc2ncnn2-c2ccccc2)C1. The highest BCUT2D eigenvalue weighted by molar-refractivity contribution is 5.30. The van der Waals surface area contributed by atoms with Gasteiger partial charge in [-0.25, -0.2) is 9.67 Å². The van der Waals surface area contributed by atoms with Gasteiger partial charge in [-0.3, -0.25) is 9.80 Å². The van der Waals surface area contributed by atoms with Gasteiger partial charge >= 0.3 is 0 Å². The molecule has 0 spiro atoms. The van der Waals surface area contributed by atoms with Crippen LogP contribution < -0.4 is 0 Å². The number of para-hydroxylation sites is 1. The van der Waals surface area contributed by atoms with Gasteiger partial charge < -0.3 is 4.74 Å². The fourth-order valence-corrected chi connectivity index (χ4v) is 4.61. The van der Waals surface area contributed by atoms with Gasteiger partial charge in [0.25, 0.3) is 0 Å². The standard InChI is InChI=1S/C20H29N5O/c1-23(14-20-21-15-22-25(20)16-7-4-3-5-8-16)18-9-6-10-19(18)24-12-11-17(13-24)26-2/h3-5,7-8,15,17-19H,6,9-14H2,1-2H3/t17?,18-,19+/m1/s1. The van der Waals surface area contributed by atoms with E-state index in [0.717, 1.165) is 37.6 Å². The molecule has 1 saturated heterocycles. The maximum absolute atomic E-state index is 5.57. The average molecular weight is 355 g/mol. The lowest BCUT2D eigenvalue weighted by Gasteiger charge is -2.35. The van der Waals surface area contributed by atoms with Crippen molar-refractivity contribution in [3.8, 4) is 5.69 Å². The van der Waals surface area contributed by atoms with Crippen LogP contribution in [0.4, 0.5) is 0 Å². The number of rotatable bonds is 6. The molecule has 2 aliphatic rings. The van der Waals surface area contributed by atoms with Gasteiger partial charge in [0, 0.05) is 32.3 Å². The van der Waals surface area contributed by atoms with Crippen LogP contribution in [-0.4, -0.2) is 70.0 Å². The van der Waals surface area contributed by atoms with E-state index in [1.807, 2.05) is 30.0 Å². The minimum absolute atomic E-state index is 0.405. The molecule has 1 saturated carbocycles. The second-order valence-electron chi connectivity index (χ2n) is 7.55. The molecule has 2 aromatic rings. The summed E-state index contributed by atoms with van der Waals surface area (Å²) in [4.78, 5) is 9.64. The van der Waals surface area contributed by atoms with Crippen LogP contribution in [0.25, 0.3) is 5.69 Å². The van der Waals surface area contributed by atoms with E-state index < -0.39 is 0 Å². The number of ether oxygens (including phenoxy) is 1. The molecular formula is C20H29N5O. The van der Waals surface area contributed by atoms with Gasteiger partial charge in [-0.05, 0) is 38.4 Å². The van der Waals surface area contributed by atoms with Crippen LogP contribution in [0.1, 0.15) is 31.5 Å². The Morgan fingerprint density at radius 2 is 2.04 bits per heavy atom. The van der Waals surface area contributed by atoms with Gasteiger partial charge in [0.1, 0.15) is 12.2 Å². The third-order valence-corrected chi connectivity index (χ3v) is 6.00. The minimum Gasteiger partial charge on any atom is -0.380 e. The molecule has 0 N–H and O–H groups in total. The molecule has 1 aliphatic heterocycles. The van der Waals surface area contributed by atoms with Gasteiger partial charge in [0.2, 0.25) is 0 Å². The molecular weight excluding hydrogens is 326 g/mol. The summed E-state index contributed by atoms with van der Waals surface area (Å²) in [6.45, 7) is 3.05. The summed E-state index contributed by atoms with van der Waals surface area (Å²) in [5.74, 6) is 1.00. The van der Waals surface area contributed by atoms with E-state index in [4.69, 9.17) is 4.74 Å². The zero-order chi connectivity index (χ0) is 17.9. The number of benzene rings is 1. The Morgan fingerprint density at radius 3 is 2.81 bits per heavy atom. The Hall–Kier alpha value is -1.76. The van der Waals surface area contributed by atoms with Gasteiger partial charge in [0.15, 0.2) is 0 Å². The van der Waals surface area contributed by atoms with Gasteiger partial charge in [-0.1, -0.05) is 24.6 Å². The molecule has 6 heteroatoms.